The summed E-state index contributed by atoms with van der Waals surface area (Å²) in [6.45, 7) is 4.69. The monoisotopic (exact) mass is 464 g/mol. The molecule has 9 heteroatoms. The number of methoxy groups -OCH3 is 1. The first-order valence-electron chi connectivity index (χ1n) is 10.6. The third-order valence-corrected chi connectivity index (χ3v) is 7.25. The highest BCUT2D eigenvalue weighted by atomic mass is 32.2. The van der Waals surface area contributed by atoms with Crippen LogP contribution in [0.1, 0.15) is 32.3 Å². The van der Waals surface area contributed by atoms with Gasteiger partial charge in [0.1, 0.15) is 5.82 Å². The lowest BCUT2D eigenvalue weighted by molar-refractivity contribution is -0.126. The molecule has 1 N–H and O–H groups in total. The van der Waals surface area contributed by atoms with Crippen LogP contribution in [0.15, 0.2) is 47.4 Å². The van der Waals surface area contributed by atoms with E-state index in [2.05, 4.69) is 5.32 Å². The number of piperidine rings is 1. The number of hydrogen-bond acceptors (Lipinski definition) is 5. The summed E-state index contributed by atoms with van der Waals surface area (Å²) in [7, 11) is -2.13. The van der Waals surface area contributed by atoms with E-state index >= 15 is 0 Å². The Morgan fingerprint density at radius 3 is 2.38 bits per heavy atom. The molecule has 1 saturated heterocycles. The minimum atomic E-state index is -3.69. The minimum absolute atomic E-state index is 0.0205. The van der Waals surface area contributed by atoms with Crippen molar-refractivity contribution in [3.05, 3.63) is 53.8 Å². The molecule has 1 fully saturated rings. The molecule has 2 aromatic rings. The van der Waals surface area contributed by atoms with Gasteiger partial charge < -0.3 is 14.8 Å². The van der Waals surface area contributed by atoms with Crippen LogP contribution < -0.4 is 14.8 Å². The fourth-order valence-electron chi connectivity index (χ4n) is 3.62. The summed E-state index contributed by atoms with van der Waals surface area (Å²) in [4.78, 5) is 12.7. The smallest absolute Gasteiger partial charge is 0.243 e. The van der Waals surface area contributed by atoms with Gasteiger partial charge in [0, 0.05) is 25.6 Å². The predicted octanol–water partition coefficient (Wildman–Crippen LogP) is 3.34. The van der Waals surface area contributed by atoms with E-state index in [1.54, 1.807) is 7.11 Å². The number of halogens is 1. The van der Waals surface area contributed by atoms with Crippen molar-refractivity contribution >= 4 is 15.9 Å². The maximum atomic E-state index is 13.1. The number of rotatable bonds is 8. The highest BCUT2D eigenvalue weighted by Crippen LogP contribution is 2.29. The van der Waals surface area contributed by atoms with Crippen LogP contribution in [0.4, 0.5) is 4.39 Å². The lowest BCUT2D eigenvalue weighted by atomic mass is 9.97. The second kappa shape index (κ2) is 10.3. The van der Waals surface area contributed by atoms with Crippen molar-refractivity contribution in [1.29, 1.82) is 0 Å². The van der Waals surface area contributed by atoms with E-state index in [0.29, 0.717) is 30.9 Å². The maximum absolute atomic E-state index is 13.1. The molecule has 174 valence electrons. The van der Waals surface area contributed by atoms with Crippen LogP contribution in [0.25, 0.3) is 0 Å². The van der Waals surface area contributed by atoms with E-state index in [0.717, 1.165) is 17.7 Å². The number of nitrogens with zero attached hydrogens (tertiary/aromatic N) is 1. The molecule has 1 aliphatic heterocycles. The first-order valence-corrected chi connectivity index (χ1v) is 12.0. The van der Waals surface area contributed by atoms with Gasteiger partial charge in [-0.25, -0.2) is 12.8 Å². The zero-order valence-corrected chi connectivity index (χ0v) is 19.3. The number of amides is 1. The maximum Gasteiger partial charge on any atom is 0.243 e. The third-order valence-electron chi connectivity index (χ3n) is 5.33. The Balaban J connectivity index is 1.54. The number of carbonyl (C=O) groups excluding carboxylic acids is 1. The zero-order valence-electron chi connectivity index (χ0n) is 18.5. The second-order valence-corrected chi connectivity index (χ2v) is 9.94. The summed E-state index contributed by atoms with van der Waals surface area (Å²) in [6, 6.07) is 10.3. The Hall–Kier alpha value is -2.65. The molecular weight excluding hydrogens is 435 g/mol. The Morgan fingerprint density at radius 2 is 1.78 bits per heavy atom. The van der Waals surface area contributed by atoms with E-state index in [1.807, 2.05) is 32.0 Å². The van der Waals surface area contributed by atoms with Crippen LogP contribution >= 0.6 is 0 Å². The molecule has 1 aliphatic rings. The van der Waals surface area contributed by atoms with E-state index in [1.165, 1.54) is 16.4 Å². The largest absolute Gasteiger partial charge is 0.493 e. The van der Waals surface area contributed by atoms with Gasteiger partial charge >= 0.3 is 0 Å². The third kappa shape index (κ3) is 5.77. The van der Waals surface area contributed by atoms with Crippen molar-refractivity contribution in [2.45, 2.75) is 44.2 Å². The molecule has 0 bridgehead atoms. The molecular formula is C23H29FN2O5S. The quantitative estimate of drug-likeness (QED) is 0.648. The fourth-order valence-corrected chi connectivity index (χ4v) is 5.09. The second-order valence-electron chi connectivity index (χ2n) is 8.00. The molecule has 0 spiro atoms. The van der Waals surface area contributed by atoms with Gasteiger partial charge in [-0.15, -0.1) is 0 Å². The van der Waals surface area contributed by atoms with E-state index in [9.17, 15) is 17.6 Å². The molecule has 0 atom stereocenters. The van der Waals surface area contributed by atoms with Crippen LogP contribution in [0.3, 0.4) is 0 Å². The fraction of sp³-hybridized carbons (Fsp3) is 0.435. The molecule has 1 heterocycles. The molecule has 3 rings (SSSR count). The summed E-state index contributed by atoms with van der Waals surface area (Å²) in [5.41, 5.74) is 0.877. The van der Waals surface area contributed by atoms with Crippen LogP contribution in [-0.4, -0.2) is 44.9 Å². The van der Waals surface area contributed by atoms with Crippen molar-refractivity contribution in [3.63, 3.8) is 0 Å². The minimum Gasteiger partial charge on any atom is -0.493 e. The molecule has 32 heavy (non-hydrogen) atoms. The van der Waals surface area contributed by atoms with Gasteiger partial charge in [-0.3, -0.25) is 4.79 Å². The van der Waals surface area contributed by atoms with E-state index in [4.69, 9.17) is 9.47 Å². The zero-order chi connectivity index (χ0) is 23.3. The summed E-state index contributed by atoms with van der Waals surface area (Å²) in [5, 5.41) is 2.93. The van der Waals surface area contributed by atoms with Gasteiger partial charge in [0.05, 0.1) is 18.1 Å². The van der Waals surface area contributed by atoms with Gasteiger partial charge in [-0.05, 0) is 68.7 Å². The molecule has 0 radical (unpaired) electrons. The topological polar surface area (TPSA) is 84.9 Å². The van der Waals surface area contributed by atoms with Gasteiger partial charge in [-0.2, -0.15) is 4.31 Å². The van der Waals surface area contributed by atoms with Gasteiger partial charge in [0.15, 0.2) is 11.5 Å². The van der Waals surface area contributed by atoms with Crippen LogP contribution in [0, 0.1) is 11.7 Å². The van der Waals surface area contributed by atoms with Crippen molar-refractivity contribution in [2.75, 3.05) is 20.2 Å². The number of carbonyl (C=O) groups is 1. The molecule has 2 aromatic carbocycles. The first kappa shape index (κ1) is 24.0. The predicted molar refractivity (Wildman–Crippen MR) is 118 cm³/mol. The molecule has 0 aromatic heterocycles. The highest BCUT2D eigenvalue weighted by Gasteiger charge is 2.32. The van der Waals surface area contributed by atoms with Gasteiger partial charge in [-0.1, -0.05) is 6.07 Å². The van der Waals surface area contributed by atoms with Gasteiger partial charge in [0.25, 0.3) is 0 Å². The number of nitrogens with one attached hydrogen (secondary N) is 1. The number of hydrogen-bond donors (Lipinski definition) is 1. The Kier molecular flexibility index (Phi) is 7.73. The number of ether oxygens (including phenoxy) is 2. The van der Waals surface area contributed by atoms with Crippen molar-refractivity contribution < 1.29 is 27.1 Å². The Morgan fingerprint density at radius 1 is 1.12 bits per heavy atom. The van der Waals surface area contributed by atoms with E-state index in [-0.39, 0.29) is 35.9 Å². The van der Waals surface area contributed by atoms with Crippen LogP contribution in [-0.2, 0) is 21.4 Å². The summed E-state index contributed by atoms with van der Waals surface area (Å²) >= 11 is 0. The SMILES string of the molecule is COc1cc(CNC(=O)C2CCN(S(=O)(=O)c3ccc(F)cc3)CC2)ccc1OC(C)C. The first-order chi connectivity index (χ1) is 15.2. The molecule has 0 unspecified atom stereocenters. The van der Waals surface area contributed by atoms with E-state index < -0.39 is 15.8 Å². The lowest BCUT2D eigenvalue weighted by Gasteiger charge is -2.30. The highest BCUT2D eigenvalue weighted by molar-refractivity contribution is 7.89. The number of sulfonamides is 1. The molecule has 7 nitrogen and oxygen atoms in total. The average Bonchev–Trinajstić information content (AvgIpc) is 2.78. The van der Waals surface area contributed by atoms with Crippen molar-refractivity contribution in [3.8, 4) is 11.5 Å². The van der Waals surface area contributed by atoms with Crippen molar-refractivity contribution in [1.82, 2.24) is 9.62 Å². The summed E-state index contributed by atoms with van der Waals surface area (Å²) < 4.78 is 51.0. The Bertz CT molecular complexity index is 1030. The Labute approximate surface area is 188 Å². The van der Waals surface area contributed by atoms with Crippen LogP contribution in [0.5, 0.6) is 11.5 Å². The summed E-state index contributed by atoms with van der Waals surface area (Å²) in [6.07, 6.45) is 0.875. The van der Waals surface area contributed by atoms with Crippen molar-refractivity contribution in [2.24, 2.45) is 5.92 Å². The average molecular weight is 465 g/mol. The molecule has 0 saturated carbocycles. The number of benzene rings is 2. The lowest BCUT2D eigenvalue weighted by Crippen LogP contribution is -2.42. The normalized spacial score (nSPS) is 15.5. The standard InChI is InChI=1S/C23H29FN2O5S/c1-16(2)31-21-9-4-17(14-22(21)30-3)15-25-23(27)18-10-12-26(13-11-18)32(28,29)20-7-5-19(24)6-8-20/h4-9,14,16,18H,10-13,15H2,1-3H3,(H,25,27). The van der Waals surface area contributed by atoms with Crippen LogP contribution in [0.2, 0.25) is 0 Å². The molecule has 1 amide bonds. The molecule has 0 aliphatic carbocycles. The summed E-state index contributed by atoms with van der Waals surface area (Å²) in [5.74, 6) is 0.390. The van der Waals surface area contributed by atoms with Gasteiger partial charge in [0.2, 0.25) is 15.9 Å².